The number of carboxylic acids is 1. The number of likely N-dealkylation sites (tertiary alicyclic amines) is 1. The Balaban J connectivity index is 1.63. The first-order valence-electron chi connectivity index (χ1n) is 11.8. The first-order chi connectivity index (χ1) is 16.9. The van der Waals surface area contributed by atoms with Gasteiger partial charge in [0.15, 0.2) is 0 Å². The van der Waals surface area contributed by atoms with E-state index in [9.17, 15) is 9.90 Å². The van der Waals surface area contributed by atoms with Crippen LogP contribution < -0.4 is 5.73 Å². The van der Waals surface area contributed by atoms with Gasteiger partial charge in [-0.15, -0.1) is 0 Å². The molecule has 1 saturated heterocycles. The van der Waals surface area contributed by atoms with Crippen molar-refractivity contribution in [2.24, 2.45) is 5.73 Å². The van der Waals surface area contributed by atoms with Crippen LogP contribution in [0.2, 0.25) is 10.0 Å². The van der Waals surface area contributed by atoms with Crippen LogP contribution in [0.1, 0.15) is 57.6 Å². The van der Waals surface area contributed by atoms with Crippen molar-refractivity contribution in [3.8, 4) is 0 Å². The number of piperidine rings is 1. The number of benzene rings is 3. The molecule has 1 heterocycles. The zero-order valence-corrected chi connectivity index (χ0v) is 21.2. The predicted octanol–water partition coefficient (Wildman–Crippen LogP) is 6.42. The monoisotopic (exact) mass is 512 g/mol. The Kier molecular flexibility index (Phi) is 8.47. The summed E-state index contributed by atoms with van der Waals surface area (Å²) in [6, 6.07) is 21.1. The molecule has 0 saturated carbocycles. The van der Waals surface area contributed by atoms with Gasteiger partial charge >= 0.3 is 5.97 Å². The van der Waals surface area contributed by atoms with Gasteiger partial charge < -0.3 is 15.6 Å². The number of carboxylic acid groups (broad SMARTS) is 1. The van der Waals surface area contributed by atoms with Gasteiger partial charge in [-0.3, -0.25) is 4.90 Å². The highest BCUT2D eigenvalue weighted by molar-refractivity contribution is 6.34. The van der Waals surface area contributed by atoms with Gasteiger partial charge in [-0.1, -0.05) is 59.6 Å². The van der Waals surface area contributed by atoms with E-state index in [0.717, 1.165) is 36.1 Å². The number of hydrogen-bond donors (Lipinski definition) is 2. The summed E-state index contributed by atoms with van der Waals surface area (Å²) in [6.07, 6.45) is 1.46. The van der Waals surface area contributed by atoms with Crippen LogP contribution >= 0.6 is 23.2 Å². The minimum atomic E-state index is -0.915. The fourth-order valence-corrected chi connectivity index (χ4v) is 5.43. The zero-order chi connectivity index (χ0) is 24.9. The number of nitrogens with two attached hydrogens (primary N) is 1. The Morgan fingerprint density at radius 2 is 1.83 bits per heavy atom. The van der Waals surface area contributed by atoms with Crippen LogP contribution in [0.5, 0.6) is 0 Å². The molecule has 1 aliphatic heterocycles. The molecule has 7 heteroatoms. The van der Waals surface area contributed by atoms with Crippen molar-refractivity contribution >= 4 is 29.2 Å². The summed E-state index contributed by atoms with van der Waals surface area (Å²) in [7, 11) is 0. The third-order valence-electron chi connectivity index (χ3n) is 6.59. The van der Waals surface area contributed by atoms with Crippen LogP contribution in [0.15, 0.2) is 66.7 Å². The molecule has 3 aromatic carbocycles. The average Bonchev–Trinajstić information content (AvgIpc) is 2.83. The molecule has 0 unspecified atom stereocenters. The molecule has 1 fully saturated rings. The molecular formula is C28H30Cl2N2O3. The lowest BCUT2D eigenvalue weighted by Crippen LogP contribution is -2.43. The van der Waals surface area contributed by atoms with E-state index in [1.165, 1.54) is 5.56 Å². The third-order valence-corrected chi connectivity index (χ3v) is 7.03. The summed E-state index contributed by atoms with van der Waals surface area (Å²) >= 11 is 12.5. The van der Waals surface area contributed by atoms with E-state index in [1.54, 1.807) is 18.2 Å². The number of nitrogens with zero attached hydrogens (tertiary/aromatic N) is 1. The Morgan fingerprint density at radius 1 is 1.11 bits per heavy atom. The maximum absolute atomic E-state index is 11.4. The van der Waals surface area contributed by atoms with Crippen LogP contribution in [-0.4, -0.2) is 35.2 Å². The van der Waals surface area contributed by atoms with Crippen LogP contribution in [0.4, 0.5) is 0 Å². The molecule has 0 radical (unpaired) electrons. The van der Waals surface area contributed by atoms with Gasteiger partial charge in [-0.25, -0.2) is 4.79 Å². The Hall–Kier alpha value is -2.41. The summed E-state index contributed by atoms with van der Waals surface area (Å²) in [6.45, 7) is 3.88. The predicted molar refractivity (Wildman–Crippen MR) is 140 cm³/mol. The highest BCUT2D eigenvalue weighted by Crippen LogP contribution is 2.38. The molecule has 3 atom stereocenters. The summed E-state index contributed by atoms with van der Waals surface area (Å²) < 4.78 is 6.69. The zero-order valence-electron chi connectivity index (χ0n) is 19.7. The van der Waals surface area contributed by atoms with E-state index in [2.05, 4.69) is 17.0 Å². The van der Waals surface area contributed by atoms with Crippen molar-refractivity contribution in [3.63, 3.8) is 0 Å². The van der Waals surface area contributed by atoms with Crippen molar-refractivity contribution in [3.05, 3.63) is 105 Å². The van der Waals surface area contributed by atoms with Gasteiger partial charge in [0.25, 0.3) is 0 Å². The van der Waals surface area contributed by atoms with Crippen LogP contribution in [-0.2, 0) is 11.3 Å². The summed E-state index contributed by atoms with van der Waals surface area (Å²) in [4.78, 5) is 13.8. The first kappa shape index (κ1) is 25.7. The lowest BCUT2D eigenvalue weighted by molar-refractivity contribution is -0.0832. The fourth-order valence-electron chi connectivity index (χ4n) is 4.89. The molecule has 0 amide bonds. The second kappa shape index (κ2) is 11.5. The molecule has 4 rings (SSSR count). The quantitative estimate of drug-likeness (QED) is 0.364. The minimum Gasteiger partial charge on any atom is -0.478 e. The molecule has 0 aliphatic carbocycles. The van der Waals surface area contributed by atoms with Gasteiger partial charge in [-0.05, 0) is 78.9 Å². The number of carbonyl (C=O) groups is 1. The normalized spacial score (nSPS) is 19.4. The number of aryl methyl sites for hydroxylation is 1. The Labute approximate surface area is 216 Å². The molecule has 35 heavy (non-hydrogen) atoms. The number of halogens is 2. The van der Waals surface area contributed by atoms with Gasteiger partial charge in [0.05, 0.1) is 23.8 Å². The van der Waals surface area contributed by atoms with Crippen LogP contribution in [0.3, 0.4) is 0 Å². The molecule has 1 aliphatic rings. The SMILES string of the molecule is Cc1cc(C(=O)O)ccc1CN1CCC[C@H](O[C@H](CN)c2cc(Cl)cc(Cl)c2)[C@@H]1c1ccccc1. The molecule has 0 aromatic heterocycles. The highest BCUT2D eigenvalue weighted by Gasteiger charge is 2.35. The second-order valence-corrected chi connectivity index (χ2v) is 9.89. The molecule has 3 aromatic rings. The van der Waals surface area contributed by atoms with Crippen LogP contribution in [0, 0.1) is 6.92 Å². The van der Waals surface area contributed by atoms with E-state index < -0.39 is 5.97 Å². The van der Waals surface area contributed by atoms with E-state index >= 15 is 0 Å². The minimum absolute atomic E-state index is 0.0206. The largest absolute Gasteiger partial charge is 0.478 e. The van der Waals surface area contributed by atoms with E-state index in [-0.39, 0.29) is 18.2 Å². The first-order valence-corrected chi connectivity index (χ1v) is 12.5. The molecule has 0 spiro atoms. The highest BCUT2D eigenvalue weighted by atomic mass is 35.5. The number of hydrogen-bond acceptors (Lipinski definition) is 4. The maximum atomic E-state index is 11.4. The number of aromatic carboxylic acids is 1. The topological polar surface area (TPSA) is 75.8 Å². The van der Waals surface area contributed by atoms with Crippen molar-refractivity contribution in [1.29, 1.82) is 0 Å². The molecule has 5 nitrogen and oxygen atoms in total. The van der Waals surface area contributed by atoms with Crippen LogP contribution in [0.25, 0.3) is 0 Å². The molecule has 3 N–H and O–H groups in total. The van der Waals surface area contributed by atoms with Crippen molar-refractivity contribution in [2.45, 2.75) is 44.6 Å². The van der Waals surface area contributed by atoms with E-state index in [0.29, 0.717) is 28.7 Å². The smallest absolute Gasteiger partial charge is 0.335 e. The number of ether oxygens (including phenoxy) is 1. The standard InChI is InChI=1S/C28H30Cl2N2O3/c1-18-12-20(28(33)34)9-10-21(18)17-32-11-5-8-25(27(32)19-6-3-2-4-7-19)35-26(16-31)22-13-23(29)15-24(30)14-22/h2-4,6-7,9-10,12-15,25-27H,5,8,11,16-17,31H2,1H3,(H,33,34)/t25-,26+,27-/m0/s1. The maximum Gasteiger partial charge on any atom is 0.335 e. The van der Waals surface area contributed by atoms with Gasteiger partial charge in [-0.2, -0.15) is 0 Å². The number of rotatable bonds is 8. The van der Waals surface area contributed by atoms with Crippen molar-refractivity contribution < 1.29 is 14.6 Å². The fraction of sp³-hybridized carbons (Fsp3) is 0.321. The van der Waals surface area contributed by atoms with Crippen molar-refractivity contribution in [1.82, 2.24) is 4.90 Å². The van der Waals surface area contributed by atoms with Crippen molar-refractivity contribution in [2.75, 3.05) is 13.1 Å². The Bertz CT molecular complexity index is 1150. The average molecular weight is 513 g/mol. The summed E-state index contributed by atoms with van der Waals surface area (Å²) in [5.74, 6) is -0.915. The Morgan fingerprint density at radius 3 is 2.46 bits per heavy atom. The second-order valence-electron chi connectivity index (χ2n) is 9.02. The lowest BCUT2D eigenvalue weighted by atomic mass is 9.91. The van der Waals surface area contributed by atoms with Gasteiger partial charge in [0, 0.05) is 23.1 Å². The van der Waals surface area contributed by atoms with Gasteiger partial charge in [0.1, 0.15) is 0 Å². The third kappa shape index (κ3) is 6.24. The molecule has 0 bridgehead atoms. The van der Waals surface area contributed by atoms with Gasteiger partial charge in [0.2, 0.25) is 0 Å². The van der Waals surface area contributed by atoms with E-state index in [1.807, 2.05) is 43.3 Å². The van der Waals surface area contributed by atoms with E-state index in [4.69, 9.17) is 33.7 Å². The molecular weight excluding hydrogens is 483 g/mol. The lowest BCUT2D eigenvalue weighted by Gasteiger charge is -2.43. The summed E-state index contributed by atoms with van der Waals surface area (Å²) in [5.41, 5.74) is 10.6. The molecule has 184 valence electrons. The summed E-state index contributed by atoms with van der Waals surface area (Å²) in [5, 5.41) is 10.4.